The molecule has 7 heteroatoms. The first-order valence-corrected chi connectivity index (χ1v) is 9.23. The maximum absolute atomic E-state index is 13.6. The van der Waals surface area contributed by atoms with Gasteiger partial charge in [-0.25, -0.2) is 4.39 Å². The number of amides is 1. The Morgan fingerprint density at radius 1 is 1.31 bits per heavy atom. The lowest BCUT2D eigenvalue weighted by Crippen LogP contribution is -2.43. The molecule has 1 atom stereocenters. The molecule has 26 heavy (non-hydrogen) atoms. The van der Waals surface area contributed by atoms with E-state index in [4.69, 9.17) is 4.74 Å². The number of rotatable bonds is 8. The molecule has 0 aliphatic heterocycles. The summed E-state index contributed by atoms with van der Waals surface area (Å²) in [7, 11) is 1.66. The number of nitrogens with zero attached hydrogens (tertiary/aromatic N) is 1. The summed E-state index contributed by atoms with van der Waals surface area (Å²) in [5.74, 6) is 0.502. The van der Waals surface area contributed by atoms with Gasteiger partial charge >= 0.3 is 0 Å². The Labute approximate surface area is 154 Å². The van der Waals surface area contributed by atoms with Crippen LogP contribution in [0.5, 0.6) is 5.75 Å². The molecular weight excluding hydrogens is 335 g/mol. The Morgan fingerprint density at radius 2 is 2.04 bits per heavy atom. The average Bonchev–Trinajstić information content (AvgIpc) is 3.12. The van der Waals surface area contributed by atoms with E-state index < -0.39 is 0 Å². The third-order valence-corrected chi connectivity index (χ3v) is 4.31. The van der Waals surface area contributed by atoms with Crippen molar-refractivity contribution in [1.82, 2.24) is 16.0 Å². The van der Waals surface area contributed by atoms with Gasteiger partial charge in [0.1, 0.15) is 6.10 Å². The van der Waals surface area contributed by atoms with E-state index >= 15 is 0 Å². The molecule has 1 amide bonds. The van der Waals surface area contributed by atoms with Crippen LogP contribution in [0.25, 0.3) is 0 Å². The molecule has 1 unspecified atom stereocenters. The Kier molecular flexibility index (Phi) is 8.18. The molecule has 3 N–H and O–H groups in total. The van der Waals surface area contributed by atoms with Gasteiger partial charge < -0.3 is 20.7 Å². The Bertz CT molecular complexity index is 603. The van der Waals surface area contributed by atoms with Crippen molar-refractivity contribution >= 4 is 11.9 Å². The van der Waals surface area contributed by atoms with Gasteiger partial charge in [0.2, 0.25) is 5.91 Å². The number of hydrogen-bond donors (Lipinski definition) is 3. The molecule has 1 fully saturated rings. The van der Waals surface area contributed by atoms with E-state index in [0.29, 0.717) is 31.5 Å². The molecule has 1 aliphatic carbocycles. The highest BCUT2D eigenvalue weighted by molar-refractivity contribution is 5.81. The van der Waals surface area contributed by atoms with Crippen LogP contribution in [0, 0.1) is 5.82 Å². The van der Waals surface area contributed by atoms with Crippen LogP contribution in [0.15, 0.2) is 29.3 Å². The molecule has 0 heterocycles. The number of aliphatic imine (C=N–C) groups is 1. The number of halogens is 1. The fraction of sp³-hybridized carbons (Fsp3) is 0.579. The lowest BCUT2D eigenvalue weighted by atomic mass is 10.2. The van der Waals surface area contributed by atoms with Crippen molar-refractivity contribution in [3.63, 3.8) is 0 Å². The molecule has 1 aromatic carbocycles. The van der Waals surface area contributed by atoms with E-state index in [1.165, 1.54) is 18.9 Å². The summed E-state index contributed by atoms with van der Waals surface area (Å²) >= 11 is 0. The quantitative estimate of drug-likeness (QED) is 0.488. The van der Waals surface area contributed by atoms with E-state index in [1.54, 1.807) is 25.2 Å². The molecule has 1 saturated carbocycles. The van der Waals surface area contributed by atoms with Crippen LogP contribution in [0.1, 0.15) is 39.0 Å². The summed E-state index contributed by atoms with van der Waals surface area (Å²) in [5, 5.41) is 9.28. The molecule has 0 bridgehead atoms. The molecule has 0 aromatic heterocycles. The minimum atomic E-state index is -0.380. The number of carbonyl (C=O) groups excluding carboxylic acids is 1. The first-order valence-electron chi connectivity index (χ1n) is 9.23. The first kappa shape index (κ1) is 20.0. The predicted molar refractivity (Wildman–Crippen MR) is 101 cm³/mol. The van der Waals surface area contributed by atoms with Gasteiger partial charge in [-0.1, -0.05) is 25.0 Å². The zero-order valence-corrected chi connectivity index (χ0v) is 15.6. The van der Waals surface area contributed by atoms with Crippen LogP contribution in [0.2, 0.25) is 0 Å². The summed E-state index contributed by atoms with van der Waals surface area (Å²) in [5.41, 5.74) is 0. The largest absolute Gasteiger partial charge is 0.486 e. The SMILES string of the molecule is CN=C(NCCC(=O)NC1CCCC1)NCC(C)Oc1ccccc1F. The summed E-state index contributed by atoms with van der Waals surface area (Å²) in [6, 6.07) is 6.67. The minimum Gasteiger partial charge on any atom is -0.486 e. The van der Waals surface area contributed by atoms with E-state index in [0.717, 1.165) is 12.8 Å². The topological polar surface area (TPSA) is 74.8 Å². The van der Waals surface area contributed by atoms with Crippen molar-refractivity contribution in [3.8, 4) is 5.75 Å². The lowest BCUT2D eigenvalue weighted by molar-refractivity contribution is -0.121. The lowest BCUT2D eigenvalue weighted by Gasteiger charge is -2.18. The molecule has 1 aromatic rings. The van der Waals surface area contributed by atoms with Gasteiger partial charge in [0, 0.05) is 26.1 Å². The maximum Gasteiger partial charge on any atom is 0.221 e. The van der Waals surface area contributed by atoms with Crippen molar-refractivity contribution < 1.29 is 13.9 Å². The number of para-hydroxylation sites is 1. The third-order valence-electron chi connectivity index (χ3n) is 4.31. The Hall–Kier alpha value is -2.31. The van der Waals surface area contributed by atoms with Crippen molar-refractivity contribution in [2.24, 2.45) is 4.99 Å². The van der Waals surface area contributed by atoms with Crippen molar-refractivity contribution in [2.45, 2.75) is 51.2 Å². The standard InChI is InChI=1S/C19H29FN4O2/c1-14(26-17-10-6-5-9-16(17)20)13-23-19(21-2)22-12-11-18(25)24-15-7-3-4-8-15/h5-6,9-10,14-15H,3-4,7-8,11-13H2,1-2H3,(H,24,25)(H2,21,22,23). The first-order chi connectivity index (χ1) is 12.6. The highest BCUT2D eigenvalue weighted by Gasteiger charge is 2.16. The van der Waals surface area contributed by atoms with Gasteiger partial charge in [-0.3, -0.25) is 9.79 Å². The van der Waals surface area contributed by atoms with Gasteiger partial charge in [-0.15, -0.1) is 0 Å². The predicted octanol–water partition coefficient (Wildman–Crippen LogP) is 2.21. The zero-order valence-electron chi connectivity index (χ0n) is 15.6. The van der Waals surface area contributed by atoms with Crippen LogP contribution >= 0.6 is 0 Å². The molecule has 0 saturated heterocycles. The molecule has 0 radical (unpaired) electrons. The monoisotopic (exact) mass is 364 g/mol. The number of hydrogen-bond acceptors (Lipinski definition) is 3. The van der Waals surface area contributed by atoms with Crippen LogP contribution in [0.4, 0.5) is 4.39 Å². The van der Waals surface area contributed by atoms with Gasteiger partial charge in [0.05, 0.1) is 6.54 Å². The maximum atomic E-state index is 13.6. The van der Waals surface area contributed by atoms with Crippen LogP contribution in [0.3, 0.4) is 0 Å². The summed E-state index contributed by atoms with van der Waals surface area (Å²) < 4.78 is 19.2. The van der Waals surface area contributed by atoms with Crippen LogP contribution in [-0.4, -0.2) is 44.1 Å². The van der Waals surface area contributed by atoms with Gasteiger partial charge in [0.25, 0.3) is 0 Å². The molecule has 2 rings (SSSR count). The second-order valence-corrected chi connectivity index (χ2v) is 6.54. The van der Waals surface area contributed by atoms with Crippen molar-refractivity contribution in [1.29, 1.82) is 0 Å². The highest BCUT2D eigenvalue weighted by Crippen LogP contribution is 2.17. The second kappa shape index (κ2) is 10.6. The van der Waals surface area contributed by atoms with Gasteiger partial charge in [-0.2, -0.15) is 0 Å². The number of benzene rings is 1. The fourth-order valence-corrected chi connectivity index (χ4v) is 2.92. The summed E-state index contributed by atoms with van der Waals surface area (Å²) in [6.45, 7) is 2.81. The third kappa shape index (κ3) is 6.90. The number of ether oxygens (including phenoxy) is 1. The van der Waals surface area contributed by atoms with E-state index in [1.807, 2.05) is 6.92 Å². The second-order valence-electron chi connectivity index (χ2n) is 6.54. The van der Waals surface area contributed by atoms with Crippen LogP contribution < -0.4 is 20.7 Å². The Balaban J connectivity index is 1.64. The van der Waals surface area contributed by atoms with Crippen molar-refractivity contribution in [2.75, 3.05) is 20.1 Å². The molecule has 6 nitrogen and oxygen atoms in total. The molecule has 0 spiro atoms. The minimum absolute atomic E-state index is 0.0658. The number of carbonyl (C=O) groups is 1. The molecule has 144 valence electrons. The van der Waals surface area contributed by atoms with Gasteiger partial charge in [-0.05, 0) is 31.9 Å². The number of nitrogens with one attached hydrogen (secondary N) is 3. The van der Waals surface area contributed by atoms with E-state index in [2.05, 4.69) is 20.9 Å². The fourth-order valence-electron chi connectivity index (χ4n) is 2.92. The van der Waals surface area contributed by atoms with Gasteiger partial charge in [0.15, 0.2) is 17.5 Å². The molecule has 1 aliphatic rings. The summed E-state index contributed by atoms with van der Waals surface area (Å²) in [4.78, 5) is 16.0. The smallest absolute Gasteiger partial charge is 0.221 e. The highest BCUT2D eigenvalue weighted by atomic mass is 19.1. The average molecular weight is 364 g/mol. The summed E-state index contributed by atoms with van der Waals surface area (Å²) in [6.07, 6.45) is 4.74. The normalized spacial score (nSPS) is 16.2. The molecular formula is C19H29FN4O2. The van der Waals surface area contributed by atoms with E-state index in [9.17, 15) is 9.18 Å². The van der Waals surface area contributed by atoms with Crippen LogP contribution in [-0.2, 0) is 4.79 Å². The zero-order chi connectivity index (χ0) is 18.8. The van der Waals surface area contributed by atoms with E-state index in [-0.39, 0.29) is 23.6 Å². The van der Waals surface area contributed by atoms with Crippen molar-refractivity contribution in [3.05, 3.63) is 30.1 Å². The Morgan fingerprint density at radius 3 is 2.73 bits per heavy atom. The number of guanidine groups is 1.